The highest BCUT2D eigenvalue weighted by Gasteiger charge is 2.35. The van der Waals surface area contributed by atoms with E-state index >= 15 is 0 Å². The molecule has 0 aromatic carbocycles. The van der Waals surface area contributed by atoms with Gasteiger partial charge in [-0.1, -0.05) is 6.92 Å². The second kappa shape index (κ2) is 5.62. The highest BCUT2D eigenvalue weighted by molar-refractivity contribution is 5.94. The summed E-state index contributed by atoms with van der Waals surface area (Å²) < 4.78 is 1.58. The van der Waals surface area contributed by atoms with Crippen LogP contribution in [0.5, 0.6) is 0 Å². The Morgan fingerprint density at radius 3 is 2.85 bits per heavy atom. The van der Waals surface area contributed by atoms with Gasteiger partial charge in [-0.15, -0.1) is 0 Å². The second-order valence-electron chi connectivity index (χ2n) is 5.14. The summed E-state index contributed by atoms with van der Waals surface area (Å²) in [5.41, 5.74) is 0.231. The van der Waals surface area contributed by atoms with Crippen molar-refractivity contribution in [3.8, 4) is 0 Å². The molecule has 0 bridgehead atoms. The van der Waals surface area contributed by atoms with Crippen LogP contribution >= 0.6 is 0 Å². The summed E-state index contributed by atoms with van der Waals surface area (Å²) in [5.74, 6) is -0.00711. The Morgan fingerprint density at radius 1 is 1.60 bits per heavy atom. The van der Waals surface area contributed by atoms with Crippen molar-refractivity contribution in [3.63, 3.8) is 0 Å². The Morgan fingerprint density at radius 2 is 2.30 bits per heavy atom. The van der Waals surface area contributed by atoms with Crippen molar-refractivity contribution in [1.29, 1.82) is 0 Å². The molecular formula is C13H19N3O4. The van der Waals surface area contributed by atoms with E-state index in [2.05, 4.69) is 0 Å². The lowest BCUT2D eigenvalue weighted by Gasteiger charge is -2.25. The second-order valence-corrected chi connectivity index (χ2v) is 5.14. The fourth-order valence-corrected chi connectivity index (χ4v) is 2.72. The van der Waals surface area contributed by atoms with E-state index in [9.17, 15) is 20.0 Å². The average Bonchev–Trinajstić information content (AvgIpc) is 3.01. The van der Waals surface area contributed by atoms with Gasteiger partial charge in [-0.3, -0.25) is 14.9 Å². The van der Waals surface area contributed by atoms with Crippen LogP contribution < -0.4 is 0 Å². The topological polar surface area (TPSA) is 88.6 Å². The molecule has 0 aliphatic carbocycles. The number of nitro groups is 1. The molecule has 0 saturated carbocycles. The predicted octanol–water partition coefficient (Wildman–Crippen LogP) is 1.26. The van der Waals surface area contributed by atoms with Gasteiger partial charge in [0.25, 0.3) is 11.6 Å². The van der Waals surface area contributed by atoms with Crippen LogP contribution in [0.1, 0.15) is 30.8 Å². The molecule has 1 aromatic heterocycles. The van der Waals surface area contributed by atoms with Crippen LogP contribution in [0.3, 0.4) is 0 Å². The number of amides is 1. The maximum atomic E-state index is 12.5. The van der Waals surface area contributed by atoms with Gasteiger partial charge < -0.3 is 14.6 Å². The van der Waals surface area contributed by atoms with E-state index in [1.54, 1.807) is 9.47 Å². The molecule has 2 unspecified atom stereocenters. The Hall–Kier alpha value is -1.89. The maximum Gasteiger partial charge on any atom is 0.287 e. The molecule has 1 amide bonds. The van der Waals surface area contributed by atoms with E-state index in [1.165, 1.54) is 12.3 Å². The first-order valence-electron chi connectivity index (χ1n) is 6.76. The number of likely N-dealkylation sites (tertiary alicyclic amines) is 1. The molecule has 110 valence electrons. The van der Waals surface area contributed by atoms with Gasteiger partial charge in [0.1, 0.15) is 5.69 Å². The Labute approximate surface area is 116 Å². The smallest absolute Gasteiger partial charge is 0.287 e. The number of nitrogens with zero attached hydrogens (tertiary/aromatic N) is 3. The normalized spacial score (nSPS) is 22.2. The van der Waals surface area contributed by atoms with Crippen molar-refractivity contribution >= 4 is 11.6 Å². The number of hydrogen-bond donors (Lipinski definition) is 1. The van der Waals surface area contributed by atoms with E-state index in [0.717, 1.165) is 6.42 Å². The molecule has 1 aliphatic rings. The Balaban J connectivity index is 2.31. The minimum atomic E-state index is -0.501. The van der Waals surface area contributed by atoms with Crippen LogP contribution in [-0.2, 0) is 6.54 Å². The molecule has 0 spiro atoms. The largest absolute Gasteiger partial charge is 0.394 e. The predicted molar refractivity (Wildman–Crippen MR) is 72.5 cm³/mol. The van der Waals surface area contributed by atoms with Crippen LogP contribution in [0.25, 0.3) is 0 Å². The van der Waals surface area contributed by atoms with Crippen molar-refractivity contribution < 1.29 is 14.8 Å². The van der Waals surface area contributed by atoms with Crippen LogP contribution in [-0.4, -0.2) is 44.6 Å². The lowest BCUT2D eigenvalue weighted by atomic mass is 10.0. The standard InChI is InChI=1S/C13H19N3O4/c1-3-14-7-10(16(19)20)6-11(14)13(18)15-5-4-9(2)12(15)8-17/h6-7,9,12,17H,3-5,8H2,1-2H3. The molecular weight excluding hydrogens is 262 g/mol. The molecule has 1 N–H and O–H groups in total. The number of aryl methyl sites for hydroxylation is 1. The van der Waals surface area contributed by atoms with Crippen molar-refractivity contribution in [2.24, 2.45) is 5.92 Å². The number of aromatic nitrogens is 1. The van der Waals surface area contributed by atoms with Crippen molar-refractivity contribution in [2.45, 2.75) is 32.9 Å². The highest BCUT2D eigenvalue weighted by atomic mass is 16.6. The van der Waals surface area contributed by atoms with E-state index < -0.39 is 4.92 Å². The molecule has 7 nitrogen and oxygen atoms in total. The lowest BCUT2D eigenvalue weighted by molar-refractivity contribution is -0.384. The molecule has 1 aromatic rings. The summed E-state index contributed by atoms with van der Waals surface area (Å²) in [6.45, 7) is 4.81. The zero-order valence-corrected chi connectivity index (χ0v) is 11.7. The van der Waals surface area contributed by atoms with E-state index in [1.807, 2.05) is 13.8 Å². The lowest BCUT2D eigenvalue weighted by Crippen LogP contribution is -2.40. The van der Waals surface area contributed by atoms with Gasteiger partial charge >= 0.3 is 0 Å². The first kappa shape index (κ1) is 14.5. The first-order chi connectivity index (χ1) is 9.49. The summed E-state index contributed by atoms with van der Waals surface area (Å²) in [6, 6.07) is 1.10. The van der Waals surface area contributed by atoms with Crippen molar-refractivity contribution in [3.05, 3.63) is 28.1 Å². The summed E-state index contributed by atoms with van der Waals surface area (Å²) >= 11 is 0. The third-order valence-corrected chi connectivity index (χ3v) is 3.98. The van der Waals surface area contributed by atoms with Gasteiger partial charge in [-0.05, 0) is 19.3 Å². The fraction of sp³-hybridized carbons (Fsp3) is 0.615. The molecule has 7 heteroatoms. The molecule has 1 fully saturated rings. The summed E-state index contributed by atoms with van der Waals surface area (Å²) in [5, 5.41) is 20.2. The van der Waals surface area contributed by atoms with Gasteiger partial charge in [0.15, 0.2) is 0 Å². The molecule has 20 heavy (non-hydrogen) atoms. The minimum Gasteiger partial charge on any atom is -0.394 e. The number of carbonyl (C=O) groups excluding carboxylic acids is 1. The van der Waals surface area contributed by atoms with Gasteiger partial charge in [0.2, 0.25) is 0 Å². The zero-order valence-electron chi connectivity index (χ0n) is 11.7. The quantitative estimate of drug-likeness (QED) is 0.664. The van der Waals surface area contributed by atoms with Crippen LogP contribution in [0.15, 0.2) is 12.3 Å². The number of rotatable bonds is 4. The summed E-state index contributed by atoms with van der Waals surface area (Å²) in [7, 11) is 0. The Kier molecular flexibility index (Phi) is 4.08. The van der Waals surface area contributed by atoms with E-state index in [0.29, 0.717) is 18.8 Å². The summed E-state index contributed by atoms with van der Waals surface area (Å²) in [6.07, 6.45) is 2.21. The molecule has 1 aliphatic heterocycles. The third kappa shape index (κ3) is 2.40. The van der Waals surface area contributed by atoms with Crippen LogP contribution in [0, 0.1) is 16.0 Å². The zero-order chi connectivity index (χ0) is 14.9. The van der Waals surface area contributed by atoms with Gasteiger partial charge in [-0.25, -0.2) is 0 Å². The molecule has 2 heterocycles. The van der Waals surface area contributed by atoms with E-state index in [4.69, 9.17) is 0 Å². The summed E-state index contributed by atoms with van der Waals surface area (Å²) in [4.78, 5) is 24.5. The van der Waals surface area contributed by atoms with Gasteiger partial charge in [-0.2, -0.15) is 0 Å². The van der Waals surface area contributed by atoms with Gasteiger partial charge in [0, 0.05) is 19.2 Å². The number of carbonyl (C=O) groups is 1. The molecule has 2 rings (SSSR count). The van der Waals surface area contributed by atoms with Crippen LogP contribution in [0.2, 0.25) is 0 Å². The van der Waals surface area contributed by atoms with Crippen LogP contribution in [0.4, 0.5) is 5.69 Å². The highest BCUT2D eigenvalue weighted by Crippen LogP contribution is 2.27. The molecule has 1 saturated heterocycles. The minimum absolute atomic E-state index is 0.0806. The number of aliphatic hydroxyl groups is 1. The third-order valence-electron chi connectivity index (χ3n) is 3.98. The first-order valence-corrected chi connectivity index (χ1v) is 6.76. The average molecular weight is 281 g/mol. The molecule has 2 atom stereocenters. The number of aliphatic hydroxyl groups excluding tert-OH is 1. The maximum absolute atomic E-state index is 12.5. The molecule has 0 radical (unpaired) electrons. The SMILES string of the molecule is CCn1cc([N+](=O)[O-])cc1C(=O)N1CCC(C)C1CO. The van der Waals surface area contributed by atoms with Crippen molar-refractivity contribution in [2.75, 3.05) is 13.2 Å². The van der Waals surface area contributed by atoms with E-state index in [-0.39, 0.29) is 30.2 Å². The Bertz CT molecular complexity index is 526. The van der Waals surface area contributed by atoms with Gasteiger partial charge in [0.05, 0.1) is 23.8 Å². The number of hydrogen-bond acceptors (Lipinski definition) is 4. The fourth-order valence-electron chi connectivity index (χ4n) is 2.72. The van der Waals surface area contributed by atoms with Crippen molar-refractivity contribution in [1.82, 2.24) is 9.47 Å². The monoisotopic (exact) mass is 281 g/mol.